The Balaban J connectivity index is 4.06. The predicted octanol–water partition coefficient (Wildman–Crippen LogP) is 17.8. The first-order valence-electron chi connectivity index (χ1n) is 29.2. The molecule has 2 unspecified atom stereocenters. The third-order valence-corrected chi connectivity index (χ3v) is 13.9. The summed E-state index contributed by atoms with van der Waals surface area (Å²) in [6.45, 7) is 5.45. The number of esters is 1. The van der Waals surface area contributed by atoms with E-state index in [-0.39, 0.29) is 25.8 Å². The summed E-state index contributed by atoms with van der Waals surface area (Å²) in [5.74, 6) is -0.330. The zero-order valence-electron chi connectivity index (χ0n) is 45.8. The number of ether oxygens (including phenoxy) is 2. The summed E-state index contributed by atoms with van der Waals surface area (Å²) in [5.41, 5.74) is 0. The predicted molar refractivity (Wildman–Crippen MR) is 291 cm³/mol. The van der Waals surface area contributed by atoms with Gasteiger partial charge in [-0.25, -0.2) is 0 Å². The van der Waals surface area contributed by atoms with Crippen molar-refractivity contribution < 1.29 is 37.3 Å². The molecule has 0 bridgehead atoms. The Labute approximate surface area is 423 Å². The van der Waals surface area contributed by atoms with Crippen LogP contribution in [0.5, 0.6) is 0 Å². The van der Waals surface area contributed by atoms with Crippen LogP contribution in [0.2, 0.25) is 0 Å². The van der Waals surface area contributed by atoms with Crippen LogP contribution < -0.4 is 4.89 Å². The topological polar surface area (TPSA) is 94.1 Å². The Kier molecular flexibility index (Phi) is 51.1. The van der Waals surface area contributed by atoms with Crippen LogP contribution in [0.1, 0.15) is 277 Å². The summed E-state index contributed by atoms with van der Waals surface area (Å²) >= 11 is 0. The van der Waals surface area contributed by atoms with Crippen LogP contribution in [0.4, 0.5) is 0 Å². The van der Waals surface area contributed by atoms with Crippen molar-refractivity contribution in [2.24, 2.45) is 0 Å². The number of carbonyl (C=O) groups excluding carboxylic acids is 1. The van der Waals surface area contributed by atoms with Gasteiger partial charge in [0.05, 0.1) is 34.4 Å². The normalized spacial score (nSPS) is 13.7. The van der Waals surface area contributed by atoms with Crippen molar-refractivity contribution in [3.8, 4) is 0 Å². The van der Waals surface area contributed by atoms with E-state index >= 15 is 0 Å². The second kappa shape index (κ2) is 52.1. The van der Waals surface area contributed by atoms with E-state index in [9.17, 15) is 14.3 Å². The molecule has 0 saturated carbocycles. The number of nitrogens with zero attached hydrogens (tertiary/aromatic N) is 1. The average Bonchev–Trinajstić information content (AvgIpc) is 3.30. The Morgan fingerprint density at radius 3 is 1.21 bits per heavy atom. The Morgan fingerprint density at radius 2 is 0.809 bits per heavy atom. The zero-order chi connectivity index (χ0) is 49.8. The highest BCUT2D eigenvalue weighted by atomic mass is 31.2. The molecule has 0 fully saturated rings. The van der Waals surface area contributed by atoms with E-state index in [2.05, 4.69) is 50.3 Å². The van der Waals surface area contributed by atoms with E-state index in [4.69, 9.17) is 18.5 Å². The molecule has 8 nitrogen and oxygen atoms in total. The molecule has 0 aromatic rings. The van der Waals surface area contributed by atoms with Crippen molar-refractivity contribution in [1.82, 2.24) is 0 Å². The minimum Gasteiger partial charge on any atom is -0.756 e. The molecular formula is C59H114NO7P. The quantitative estimate of drug-likeness (QED) is 0.0197. The SMILES string of the molecule is CCCCCCC/C=C\C/C=C\C/C=C\CCCCCCCCCCCOCC(COP(=O)([O-])OCC[N+](C)(C)C)OC(=O)CCCCCCCCCCCCCCCCCCCCCCCC. The van der Waals surface area contributed by atoms with Gasteiger partial charge in [0.2, 0.25) is 0 Å². The number of phosphoric ester groups is 1. The fraction of sp³-hybridized carbons (Fsp3) is 0.881. The van der Waals surface area contributed by atoms with Gasteiger partial charge in [-0.3, -0.25) is 9.36 Å². The van der Waals surface area contributed by atoms with Gasteiger partial charge >= 0.3 is 5.97 Å². The highest BCUT2D eigenvalue weighted by Crippen LogP contribution is 2.38. The first-order valence-corrected chi connectivity index (χ1v) is 30.7. The van der Waals surface area contributed by atoms with Crippen molar-refractivity contribution >= 4 is 13.8 Å². The van der Waals surface area contributed by atoms with Crippen molar-refractivity contribution in [2.45, 2.75) is 283 Å². The average molecular weight is 981 g/mol. The van der Waals surface area contributed by atoms with Crippen LogP contribution in [-0.4, -0.2) is 70.7 Å². The number of allylic oxidation sites excluding steroid dienone is 6. The highest BCUT2D eigenvalue weighted by molar-refractivity contribution is 7.45. The van der Waals surface area contributed by atoms with Crippen molar-refractivity contribution in [2.75, 3.05) is 54.1 Å². The van der Waals surface area contributed by atoms with Crippen LogP contribution in [-0.2, 0) is 27.9 Å². The van der Waals surface area contributed by atoms with E-state index < -0.39 is 13.9 Å². The Morgan fingerprint density at radius 1 is 0.456 bits per heavy atom. The van der Waals surface area contributed by atoms with E-state index in [1.54, 1.807) is 0 Å². The van der Waals surface area contributed by atoms with Crippen molar-refractivity contribution in [1.29, 1.82) is 0 Å². The molecule has 0 N–H and O–H groups in total. The molecule has 0 spiro atoms. The molecule has 0 heterocycles. The fourth-order valence-corrected chi connectivity index (χ4v) is 9.17. The first-order chi connectivity index (χ1) is 33.1. The first kappa shape index (κ1) is 66.7. The molecule has 0 amide bonds. The number of rotatable bonds is 55. The van der Waals surface area contributed by atoms with Crippen LogP contribution in [0.3, 0.4) is 0 Å². The van der Waals surface area contributed by atoms with Gasteiger partial charge in [-0.15, -0.1) is 0 Å². The third kappa shape index (κ3) is 55.6. The van der Waals surface area contributed by atoms with Gasteiger partial charge in [0.25, 0.3) is 7.82 Å². The van der Waals surface area contributed by atoms with Crippen LogP contribution >= 0.6 is 7.82 Å². The lowest BCUT2D eigenvalue weighted by atomic mass is 10.0. The second-order valence-corrected chi connectivity index (χ2v) is 22.4. The fourth-order valence-electron chi connectivity index (χ4n) is 8.44. The molecule has 0 rings (SSSR count). The van der Waals surface area contributed by atoms with Gasteiger partial charge in [0.15, 0.2) is 0 Å². The van der Waals surface area contributed by atoms with E-state index in [1.807, 2.05) is 21.1 Å². The molecule has 0 aliphatic carbocycles. The van der Waals surface area contributed by atoms with Crippen LogP contribution in [0.25, 0.3) is 0 Å². The summed E-state index contributed by atoms with van der Waals surface area (Å²) in [5, 5.41) is 0. The maximum absolute atomic E-state index is 12.8. The van der Waals surface area contributed by atoms with Crippen molar-refractivity contribution in [3.63, 3.8) is 0 Å². The Bertz CT molecular complexity index is 1180. The summed E-state index contributed by atoms with van der Waals surface area (Å²) in [4.78, 5) is 25.3. The lowest BCUT2D eigenvalue weighted by molar-refractivity contribution is -0.870. The lowest BCUT2D eigenvalue weighted by Gasteiger charge is -2.28. The third-order valence-electron chi connectivity index (χ3n) is 12.9. The van der Waals surface area contributed by atoms with Gasteiger partial charge in [-0.05, 0) is 51.4 Å². The van der Waals surface area contributed by atoms with E-state index in [1.165, 1.54) is 212 Å². The highest BCUT2D eigenvalue weighted by Gasteiger charge is 2.20. The second-order valence-electron chi connectivity index (χ2n) is 21.0. The van der Waals surface area contributed by atoms with Gasteiger partial charge in [-0.2, -0.15) is 0 Å². The molecule has 2 atom stereocenters. The van der Waals surface area contributed by atoms with Crippen molar-refractivity contribution in [3.05, 3.63) is 36.5 Å². The van der Waals surface area contributed by atoms with E-state index in [0.29, 0.717) is 24.1 Å². The Hall–Kier alpha value is -1.28. The maximum atomic E-state index is 12.8. The number of phosphoric acid groups is 1. The van der Waals surface area contributed by atoms with Gasteiger partial charge < -0.3 is 27.9 Å². The van der Waals surface area contributed by atoms with Gasteiger partial charge in [0, 0.05) is 13.0 Å². The summed E-state index contributed by atoms with van der Waals surface area (Å²) < 4.78 is 34.9. The lowest BCUT2D eigenvalue weighted by Crippen LogP contribution is -2.37. The number of hydrogen-bond donors (Lipinski definition) is 0. The number of unbranched alkanes of at least 4 members (excludes halogenated alkanes) is 35. The zero-order valence-corrected chi connectivity index (χ0v) is 46.7. The van der Waals surface area contributed by atoms with Crippen LogP contribution in [0.15, 0.2) is 36.5 Å². The number of quaternary nitrogens is 1. The summed E-state index contributed by atoms with van der Waals surface area (Å²) in [6, 6.07) is 0. The van der Waals surface area contributed by atoms with Crippen LogP contribution in [0, 0.1) is 0 Å². The summed E-state index contributed by atoms with van der Waals surface area (Å²) in [6.07, 6.45) is 64.7. The molecule has 0 radical (unpaired) electrons. The standard InChI is InChI=1S/C59H114NO7P/c1-6-8-10-12-14-16-18-20-22-24-26-28-30-31-33-35-37-39-41-43-45-47-49-51-54-64-56-58(57-66-68(62,63)65-55-53-60(3,4)5)67-59(61)52-50-48-46-44-42-40-38-36-34-32-29-27-25-23-21-19-17-15-13-11-9-7-2/h18,20,24,26,30-31,58H,6-17,19,21-23,25,27-29,32-57H2,1-5H3/b20-18-,26-24-,31-30-. The van der Waals surface area contributed by atoms with Gasteiger partial charge in [-0.1, -0.05) is 256 Å². The molecule has 68 heavy (non-hydrogen) atoms. The molecule has 0 aliphatic heterocycles. The molecule has 9 heteroatoms. The maximum Gasteiger partial charge on any atom is 0.306 e. The number of hydrogen-bond acceptors (Lipinski definition) is 7. The molecule has 0 aromatic heterocycles. The van der Waals surface area contributed by atoms with Gasteiger partial charge in [0.1, 0.15) is 19.3 Å². The minimum atomic E-state index is -4.53. The molecular weight excluding hydrogens is 866 g/mol. The monoisotopic (exact) mass is 980 g/mol. The molecule has 0 saturated heterocycles. The minimum absolute atomic E-state index is 0.0264. The number of likely N-dealkylation sites (N-methyl/N-ethyl adjacent to an activating group) is 1. The molecule has 0 aliphatic rings. The smallest absolute Gasteiger partial charge is 0.306 e. The largest absolute Gasteiger partial charge is 0.756 e. The molecule has 0 aromatic carbocycles. The number of carbonyl (C=O) groups is 1. The summed E-state index contributed by atoms with van der Waals surface area (Å²) in [7, 11) is 1.36. The van der Waals surface area contributed by atoms with E-state index in [0.717, 1.165) is 44.9 Å². The molecule has 402 valence electrons.